The molecule has 3 rings (SSSR count). The maximum atomic E-state index is 13.0. The third-order valence-electron chi connectivity index (χ3n) is 3.94. The number of carbonyl (C=O) groups excluding carboxylic acids is 1. The predicted octanol–water partition coefficient (Wildman–Crippen LogP) is 2.41. The van der Waals surface area contributed by atoms with Gasteiger partial charge in [0, 0.05) is 25.7 Å². The van der Waals surface area contributed by atoms with Crippen molar-refractivity contribution in [2.24, 2.45) is 0 Å². The average Bonchev–Trinajstić information content (AvgIpc) is 2.63. The highest BCUT2D eigenvalue weighted by Crippen LogP contribution is 2.21. The van der Waals surface area contributed by atoms with E-state index < -0.39 is 12.8 Å². The quantitative estimate of drug-likeness (QED) is 0.741. The number of nitrogens with zero attached hydrogens (tertiary/aromatic N) is 4. The summed E-state index contributed by atoms with van der Waals surface area (Å²) in [5.41, 5.74) is 0.808. The van der Waals surface area contributed by atoms with Crippen molar-refractivity contribution in [2.75, 3.05) is 31.1 Å². The highest BCUT2D eigenvalue weighted by Gasteiger charge is 2.29. The van der Waals surface area contributed by atoms with Crippen LogP contribution in [0.25, 0.3) is 0 Å². The van der Waals surface area contributed by atoms with Gasteiger partial charge in [-0.3, -0.25) is 4.79 Å². The maximum absolute atomic E-state index is 13.0. The van der Waals surface area contributed by atoms with Gasteiger partial charge in [-0.1, -0.05) is 12.1 Å². The Balaban J connectivity index is 1.60. The van der Waals surface area contributed by atoms with Crippen LogP contribution in [-0.4, -0.2) is 53.2 Å². The lowest BCUT2D eigenvalue weighted by atomic mass is 10.2. The second-order valence-corrected chi connectivity index (χ2v) is 5.98. The van der Waals surface area contributed by atoms with E-state index in [9.17, 15) is 22.4 Å². The molecule has 10 heteroatoms. The van der Waals surface area contributed by atoms with Crippen molar-refractivity contribution in [1.29, 1.82) is 0 Å². The number of piperazine rings is 1. The molecule has 1 aromatic carbocycles. The molecule has 27 heavy (non-hydrogen) atoms. The van der Waals surface area contributed by atoms with Gasteiger partial charge in [-0.2, -0.15) is 13.2 Å². The number of carbonyl (C=O) groups is 1. The fourth-order valence-corrected chi connectivity index (χ4v) is 2.62. The predicted molar refractivity (Wildman–Crippen MR) is 87.6 cm³/mol. The molecule has 6 nitrogen and oxygen atoms in total. The highest BCUT2D eigenvalue weighted by atomic mass is 19.4. The molecule has 1 aliphatic rings. The summed E-state index contributed by atoms with van der Waals surface area (Å²) in [4.78, 5) is 23.3. The van der Waals surface area contributed by atoms with Gasteiger partial charge >= 0.3 is 6.18 Å². The lowest BCUT2D eigenvalue weighted by Crippen LogP contribution is -2.50. The van der Waals surface area contributed by atoms with Gasteiger partial charge < -0.3 is 14.5 Å². The molecule has 0 N–H and O–H groups in total. The van der Waals surface area contributed by atoms with Gasteiger partial charge in [-0.05, 0) is 17.7 Å². The van der Waals surface area contributed by atoms with Crippen molar-refractivity contribution in [1.82, 2.24) is 14.9 Å². The Morgan fingerprint density at radius 1 is 1.11 bits per heavy atom. The molecule has 0 radical (unpaired) electrons. The van der Waals surface area contributed by atoms with E-state index in [1.807, 2.05) is 0 Å². The first-order valence-corrected chi connectivity index (χ1v) is 8.09. The maximum Gasteiger partial charge on any atom is 0.422 e. The Labute approximate surface area is 152 Å². The van der Waals surface area contributed by atoms with E-state index in [4.69, 9.17) is 0 Å². The van der Waals surface area contributed by atoms with Crippen molar-refractivity contribution < 1.29 is 27.1 Å². The lowest BCUT2D eigenvalue weighted by molar-refractivity contribution is -0.154. The molecule has 0 saturated carbocycles. The van der Waals surface area contributed by atoms with Crippen molar-refractivity contribution >= 4 is 11.7 Å². The summed E-state index contributed by atoms with van der Waals surface area (Å²) in [5, 5.41) is 0. The smallest absolute Gasteiger partial charge is 0.422 e. The molecule has 1 saturated heterocycles. The minimum Gasteiger partial charge on any atom is -0.468 e. The molecule has 0 spiro atoms. The topological polar surface area (TPSA) is 58.6 Å². The Morgan fingerprint density at radius 3 is 2.52 bits per heavy atom. The first kappa shape index (κ1) is 18.9. The molecule has 2 heterocycles. The molecule has 1 fully saturated rings. The zero-order valence-corrected chi connectivity index (χ0v) is 14.1. The molecular weight excluding hydrogens is 368 g/mol. The van der Waals surface area contributed by atoms with Crippen molar-refractivity contribution in [3.63, 3.8) is 0 Å². The Kier molecular flexibility index (Phi) is 5.43. The molecule has 0 unspecified atom stereocenters. The third-order valence-corrected chi connectivity index (χ3v) is 3.94. The van der Waals surface area contributed by atoms with Crippen LogP contribution in [0.5, 0.6) is 5.88 Å². The van der Waals surface area contributed by atoms with Crippen LogP contribution in [0.3, 0.4) is 0 Å². The van der Waals surface area contributed by atoms with E-state index in [-0.39, 0.29) is 24.1 Å². The van der Waals surface area contributed by atoms with E-state index in [2.05, 4.69) is 14.7 Å². The first-order valence-electron chi connectivity index (χ1n) is 8.09. The second-order valence-electron chi connectivity index (χ2n) is 5.98. The van der Waals surface area contributed by atoms with E-state index in [1.54, 1.807) is 21.9 Å². The van der Waals surface area contributed by atoms with Gasteiger partial charge in [0.25, 0.3) is 0 Å². The minimum atomic E-state index is -4.47. The van der Waals surface area contributed by atoms with Gasteiger partial charge in [0.15, 0.2) is 6.61 Å². The fourth-order valence-electron chi connectivity index (χ4n) is 2.62. The molecule has 0 aliphatic carbocycles. The molecule has 0 bridgehead atoms. The van der Waals surface area contributed by atoms with Crippen molar-refractivity contribution in [3.05, 3.63) is 48.0 Å². The standard InChI is InChI=1S/C17H16F4N4O2/c18-13-3-1-12(2-4-13)8-25-6-5-24(9-16(25)26)14-7-15(23-11-22-14)27-10-17(19,20)21/h1-4,7,11H,5-6,8-10H2. The third kappa shape index (κ3) is 5.28. The number of rotatable bonds is 5. The number of aromatic nitrogens is 2. The lowest BCUT2D eigenvalue weighted by Gasteiger charge is -2.35. The molecule has 0 atom stereocenters. The van der Waals surface area contributed by atoms with E-state index in [0.29, 0.717) is 25.5 Å². The highest BCUT2D eigenvalue weighted by molar-refractivity contribution is 5.82. The molecule has 144 valence electrons. The fraction of sp³-hybridized carbons (Fsp3) is 0.353. The largest absolute Gasteiger partial charge is 0.468 e. The number of anilines is 1. The van der Waals surface area contributed by atoms with Gasteiger partial charge in [0.2, 0.25) is 11.8 Å². The zero-order chi connectivity index (χ0) is 19.4. The monoisotopic (exact) mass is 384 g/mol. The minimum absolute atomic E-state index is 0.0247. The number of amides is 1. The summed E-state index contributed by atoms with van der Waals surface area (Å²) in [6, 6.07) is 7.17. The summed E-state index contributed by atoms with van der Waals surface area (Å²) in [6.07, 6.45) is -3.37. The molecule has 1 aromatic heterocycles. The van der Waals surface area contributed by atoms with Gasteiger partial charge in [0.05, 0.1) is 6.54 Å². The van der Waals surface area contributed by atoms with Crippen LogP contribution in [-0.2, 0) is 11.3 Å². The summed E-state index contributed by atoms with van der Waals surface area (Å²) < 4.78 is 54.3. The van der Waals surface area contributed by atoms with Crippen molar-refractivity contribution in [3.8, 4) is 5.88 Å². The summed E-state index contributed by atoms with van der Waals surface area (Å²) in [6.45, 7) is -0.219. The van der Waals surface area contributed by atoms with Crippen LogP contribution in [0.1, 0.15) is 5.56 Å². The molecule has 1 amide bonds. The number of hydrogen-bond acceptors (Lipinski definition) is 5. The van der Waals surface area contributed by atoms with Crippen LogP contribution in [0.15, 0.2) is 36.7 Å². The number of ether oxygens (including phenoxy) is 1. The Morgan fingerprint density at radius 2 is 1.85 bits per heavy atom. The SMILES string of the molecule is O=C1CN(c2cc(OCC(F)(F)F)ncn2)CCN1Cc1ccc(F)cc1. The summed E-state index contributed by atoms with van der Waals surface area (Å²) in [7, 11) is 0. The Bertz CT molecular complexity index is 798. The zero-order valence-electron chi connectivity index (χ0n) is 14.1. The number of hydrogen-bond donors (Lipinski definition) is 0. The molecule has 2 aromatic rings. The average molecular weight is 384 g/mol. The van der Waals surface area contributed by atoms with Gasteiger partial charge in [-0.15, -0.1) is 0 Å². The number of alkyl halides is 3. The van der Waals surface area contributed by atoms with E-state index in [0.717, 1.165) is 11.9 Å². The van der Waals surface area contributed by atoms with Crippen molar-refractivity contribution in [2.45, 2.75) is 12.7 Å². The van der Waals surface area contributed by atoms with Crippen LogP contribution >= 0.6 is 0 Å². The molecular formula is C17H16F4N4O2. The van der Waals surface area contributed by atoms with Crippen LogP contribution < -0.4 is 9.64 Å². The number of halogens is 4. The second kappa shape index (κ2) is 7.77. The van der Waals surface area contributed by atoms with E-state index in [1.165, 1.54) is 18.2 Å². The summed E-state index contributed by atoms with van der Waals surface area (Å²) >= 11 is 0. The van der Waals surface area contributed by atoms with Crippen LogP contribution in [0, 0.1) is 5.82 Å². The van der Waals surface area contributed by atoms with Crippen LogP contribution in [0.4, 0.5) is 23.4 Å². The first-order chi connectivity index (χ1) is 12.8. The molecule has 1 aliphatic heterocycles. The van der Waals surface area contributed by atoms with Crippen LogP contribution in [0.2, 0.25) is 0 Å². The summed E-state index contributed by atoms with van der Waals surface area (Å²) in [5.74, 6) is -0.403. The number of benzene rings is 1. The van der Waals surface area contributed by atoms with Gasteiger partial charge in [-0.25, -0.2) is 14.4 Å². The Hall–Kier alpha value is -2.91. The normalized spacial score (nSPS) is 15.2. The van der Waals surface area contributed by atoms with E-state index >= 15 is 0 Å². The van der Waals surface area contributed by atoms with Gasteiger partial charge in [0.1, 0.15) is 18.0 Å².